The number of carbonyl (C=O) groups excluding carboxylic acids is 1. The van der Waals surface area contributed by atoms with Crippen LogP contribution >= 0.6 is 11.3 Å². The number of anilines is 1. The number of hydrogen-bond acceptors (Lipinski definition) is 4. The molecule has 0 unspecified atom stereocenters. The van der Waals surface area contributed by atoms with Gasteiger partial charge in [-0.15, -0.1) is 17.8 Å². The lowest BCUT2D eigenvalue weighted by Gasteiger charge is -2.10. The Labute approximate surface area is 75.0 Å². The van der Waals surface area contributed by atoms with E-state index in [9.17, 15) is 4.79 Å². The van der Waals surface area contributed by atoms with Gasteiger partial charge in [-0.2, -0.15) is 0 Å². The first kappa shape index (κ1) is 8.75. The minimum atomic E-state index is 0.457. The molecule has 1 heterocycles. The third-order valence-corrected chi connectivity index (χ3v) is 2.26. The maximum atomic E-state index is 10.3. The third kappa shape index (κ3) is 1.83. The van der Waals surface area contributed by atoms with Gasteiger partial charge in [-0.1, -0.05) is 5.92 Å². The molecule has 0 fully saturated rings. The molecule has 0 aliphatic rings. The number of hydrogen-bond donors (Lipinski definition) is 0. The smallest absolute Gasteiger partial charge is 0.186 e. The summed E-state index contributed by atoms with van der Waals surface area (Å²) in [6, 6.07) is 0. The maximum absolute atomic E-state index is 10.3. The molecule has 1 rings (SSSR count). The van der Waals surface area contributed by atoms with Crippen molar-refractivity contribution in [2.24, 2.45) is 0 Å². The van der Waals surface area contributed by atoms with Gasteiger partial charge in [0.2, 0.25) is 0 Å². The average molecular weight is 180 g/mol. The molecule has 1 aromatic rings. The van der Waals surface area contributed by atoms with Gasteiger partial charge in [0.25, 0.3) is 0 Å². The van der Waals surface area contributed by atoms with E-state index in [0.29, 0.717) is 12.2 Å². The van der Waals surface area contributed by atoms with Crippen molar-refractivity contribution in [2.75, 3.05) is 18.5 Å². The lowest BCUT2D eigenvalue weighted by atomic mass is 10.6. The number of nitrogens with zero attached hydrogens (tertiary/aromatic N) is 2. The summed E-state index contributed by atoms with van der Waals surface area (Å²) in [4.78, 5) is 16.1. The van der Waals surface area contributed by atoms with Crippen LogP contribution in [0.15, 0.2) is 5.38 Å². The Bertz CT molecular complexity index is 313. The molecule has 0 bridgehead atoms. The van der Waals surface area contributed by atoms with Crippen molar-refractivity contribution >= 4 is 22.8 Å². The van der Waals surface area contributed by atoms with Crippen molar-refractivity contribution in [1.29, 1.82) is 0 Å². The zero-order valence-corrected chi connectivity index (χ0v) is 7.47. The van der Waals surface area contributed by atoms with Gasteiger partial charge < -0.3 is 4.90 Å². The molecular weight excluding hydrogens is 172 g/mol. The van der Waals surface area contributed by atoms with Gasteiger partial charge in [0.15, 0.2) is 11.4 Å². The van der Waals surface area contributed by atoms with Crippen LogP contribution in [-0.2, 0) is 0 Å². The molecular formula is C8H8N2OS. The summed E-state index contributed by atoms with van der Waals surface area (Å²) < 4.78 is 0. The second-order valence-electron chi connectivity index (χ2n) is 2.23. The lowest BCUT2D eigenvalue weighted by Crippen LogP contribution is -2.16. The summed E-state index contributed by atoms with van der Waals surface area (Å²) in [6.45, 7) is 0.506. The monoisotopic (exact) mass is 180 g/mol. The molecule has 0 N–H and O–H groups in total. The lowest BCUT2D eigenvalue weighted by molar-refractivity contribution is 0.111. The number of aromatic nitrogens is 1. The Kier molecular flexibility index (Phi) is 2.83. The van der Waals surface area contributed by atoms with Crippen LogP contribution in [0, 0.1) is 12.3 Å². The summed E-state index contributed by atoms with van der Waals surface area (Å²) in [7, 11) is 1.84. The highest BCUT2D eigenvalue weighted by Gasteiger charge is 2.04. The van der Waals surface area contributed by atoms with Crippen molar-refractivity contribution < 1.29 is 4.79 Å². The second kappa shape index (κ2) is 3.88. The quantitative estimate of drug-likeness (QED) is 0.514. The second-order valence-corrected chi connectivity index (χ2v) is 3.07. The molecule has 0 aromatic carbocycles. The highest BCUT2D eigenvalue weighted by molar-refractivity contribution is 7.13. The van der Waals surface area contributed by atoms with Gasteiger partial charge in [0.05, 0.1) is 6.54 Å². The molecule has 0 spiro atoms. The topological polar surface area (TPSA) is 33.2 Å². The SMILES string of the molecule is C#CCN(C)c1nc(C=O)cs1. The molecule has 12 heavy (non-hydrogen) atoms. The first-order valence-electron chi connectivity index (χ1n) is 3.33. The molecule has 3 nitrogen and oxygen atoms in total. The highest BCUT2D eigenvalue weighted by atomic mass is 32.1. The molecule has 0 amide bonds. The third-order valence-electron chi connectivity index (χ3n) is 1.29. The fourth-order valence-corrected chi connectivity index (χ4v) is 1.45. The summed E-state index contributed by atoms with van der Waals surface area (Å²) in [5.74, 6) is 2.50. The van der Waals surface area contributed by atoms with Crippen LogP contribution in [0.5, 0.6) is 0 Å². The summed E-state index contributed by atoms with van der Waals surface area (Å²) >= 11 is 1.41. The van der Waals surface area contributed by atoms with Crippen molar-refractivity contribution in [3.63, 3.8) is 0 Å². The normalized spacial score (nSPS) is 9.00. The van der Waals surface area contributed by atoms with Crippen LogP contribution in [0.1, 0.15) is 10.5 Å². The van der Waals surface area contributed by atoms with E-state index >= 15 is 0 Å². The summed E-state index contributed by atoms with van der Waals surface area (Å²) in [6.07, 6.45) is 5.85. The van der Waals surface area contributed by atoms with Gasteiger partial charge in [-0.25, -0.2) is 4.98 Å². The van der Waals surface area contributed by atoms with E-state index < -0.39 is 0 Å². The van der Waals surface area contributed by atoms with Gasteiger partial charge >= 0.3 is 0 Å². The molecule has 0 saturated carbocycles. The van der Waals surface area contributed by atoms with Crippen LogP contribution < -0.4 is 4.90 Å². The van der Waals surface area contributed by atoms with Crippen LogP contribution in [-0.4, -0.2) is 24.9 Å². The Morgan fingerprint density at radius 3 is 3.17 bits per heavy atom. The number of thiazole rings is 1. The van der Waals surface area contributed by atoms with Crippen molar-refractivity contribution in [2.45, 2.75) is 0 Å². The predicted octanol–water partition coefficient (Wildman–Crippen LogP) is 1.02. The Hall–Kier alpha value is -1.34. The van der Waals surface area contributed by atoms with Crippen LogP contribution in [0.2, 0.25) is 0 Å². The fourth-order valence-electron chi connectivity index (χ4n) is 0.710. The Morgan fingerprint density at radius 1 is 1.92 bits per heavy atom. The minimum Gasteiger partial charge on any atom is -0.340 e. The molecule has 0 saturated heterocycles. The van der Waals surface area contributed by atoms with Crippen molar-refractivity contribution in [3.8, 4) is 12.3 Å². The minimum absolute atomic E-state index is 0.457. The Balaban J connectivity index is 2.75. The number of rotatable bonds is 3. The fraction of sp³-hybridized carbons (Fsp3) is 0.250. The molecule has 1 aromatic heterocycles. The van der Waals surface area contributed by atoms with E-state index in [1.165, 1.54) is 11.3 Å². The van der Waals surface area contributed by atoms with E-state index in [1.807, 2.05) is 11.9 Å². The van der Waals surface area contributed by atoms with Gasteiger partial charge in [-0.3, -0.25) is 4.79 Å². The predicted molar refractivity (Wildman–Crippen MR) is 49.6 cm³/mol. The zero-order chi connectivity index (χ0) is 8.97. The molecule has 0 atom stereocenters. The van der Waals surface area contributed by atoms with Gasteiger partial charge in [-0.05, 0) is 0 Å². The molecule has 0 aliphatic carbocycles. The zero-order valence-electron chi connectivity index (χ0n) is 6.65. The average Bonchev–Trinajstić information content (AvgIpc) is 2.52. The summed E-state index contributed by atoms with van der Waals surface area (Å²) in [5.41, 5.74) is 0.457. The number of terminal acetylenes is 1. The van der Waals surface area contributed by atoms with Crippen molar-refractivity contribution in [1.82, 2.24) is 4.98 Å². The van der Waals surface area contributed by atoms with Crippen molar-refractivity contribution in [3.05, 3.63) is 11.1 Å². The highest BCUT2D eigenvalue weighted by Crippen LogP contribution is 2.17. The maximum Gasteiger partial charge on any atom is 0.186 e. The van der Waals surface area contributed by atoms with Crippen LogP contribution in [0.3, 0.4) is 0 Å². The summed E-state index contributed by atoms with van der Waals surface area (Å²) in [5, 5.41) is 2.48. The number of aldehydes is 1. The standard InChI is InChI=1S/C8H8N2OS/c1-3-4-10(2)8-9-7(5-11)6-12-8/h1,5-6H,4H2,2H3. The van der Waals surface area contributed by atoms with E-state index in [-0.39, 0.29) is 0 Å². The number of carbonyl (C=O) groups is 1. The van der Waals surface area contributed by atoms with E-state index in [2.05, 4.69) is 10.9 Å². The van der Waals surface area contributed by atoms with Gasteiger partial charge in [0.1, 0.15) is 5.69 Å². The van der Waals surface area contributed by atoms with Crippen LogP contribution in [0.25, 0.3) is 0 Å². The van der Waals surface area contributed by atoms with E-state index in [4.69, 9.17) is 6.42 Å². The molecule has 0 radical (unpaired) electrons. The Morgan fingerprint density at radius 2 is 2.67 bits per heavy atom. The first-order valence-corrected chi connectivity index (χ1v) is 4.21. The van der Waals surface area contributed by atoms with Crippen LogP contribution in [0.4, 0.5) is 5.13 Å². The largest absolute Gasteiger partial charge is 0.340 e. The van der Waals surface area contributed by atoms with Gasteiger partial charge in [0, 0.05) is 12.4 Å². The first-order chi connectivity index (χ1) is 5.77. The molecule has 4 heteroatoms. The van der Waals surface area contributed by atoms with E-state index in [0.717, 1.165) is 11.4 Å². The van der Waals surface area contributed by atoms with E-state index in [1.54, 1.807) is 5.38 Å². The molecule has 62 valence electrons. The molecule has 0 aliphatic heterocycles.